The molecule has 1 nitrogen and oxygen atoms in total. The van der Waals surface area contributed by atoms with Crippen molar-refractivity contribution in [2.75, 3.05) is 6.54 Å². The summed E-state index contributed by atoms with van der Waals surface area (Å²) in [5.74, 6) is 0.775. The highest BCUT2D eigenvalue weighted by Crippen LogP contribution is 2.04. The van der Waals surface area contributed by atoms with E-state index in [2.05, 4.69) is 36.2 Å². The van der Waals surface area contributed by atoms with Crippen molar-refractivity contribution in [3.05, 3.63) is 0 Å². The predicted octanol–water partition coefficient (Wildman–Crippen LogP) is 2.53. The minimum atomic E-state index is 0.775. The second-order valence-electron chi connectivity index (χ2n) is 2.28. The summed E-state index contributed by atoms with van der Waals surface area (Å²) in [6.45, 7) is 5.25. The van der Waals surface area contributed by atoms with Crippen LogP contribution in [-0.4, -0.2) is 11.7 Å². The fourth-order valence-electron chi connectivity index (χ4n) is 0.535. The van der Waals surface area contributed by atoms with Gasteiger partial charge in [0.25, 0.3) is 0 Å². The topological polar surface area (TPSA) is 12.4 Å². The number of isothiocyanates is 1. The largest absolute Gasteiger partial charge is 0.233 e. The Morgan fingerprint density at radius 2 is 2.33 bits per heavy atom. The van der Waals surface area contributed by atoms with Gasteiger partial charge in [0.2, 0.25) is 0 Å². The molecule has 1 unspecified atom stereocenters. The Morgan fingerprint density at radius 3 is 2.78 bits per heavy atom. The molecule has 0 saturated carbocycles. The second-order valence-corrected chi connectivity index (χ2v) is 2.46. The molecule has 0 N–H and O–H groups in total. The van der Waals surface area contributed by atoms with Crippen molar-refractivity contribution in [2.24, 2.45) is 10.9 Å². The molecule has 0 aliphatic heterocycles. The van der Waals surface area contributed by atoms with Gasteiger partial charge in [-0.05, 0) is 24.6 Å². The van der Waals surface area contributed by atoms with Gasteiger partial charge >= 0.3 is 0 Å². The third-order valence-corrected chi connectivity index (χ3v) is 1.62. The van der Waals surface area contributed by atoms with E-state index in [9.17, 15) is 0 Å². The molecular weight excluding hydrogens is 130 g/mol. The van der Waals surface area contributed by atoms with Crippen LogP contribution in [0.15, 0.2) is 4.99 Å². The van der Waals surface area contributed by atoms with Crippen LogP contribution in [0.25, 0.3) is 0 Å². The fraction of sp³-hybridized carbons (Fsp3) is 0.857. The van der Waals surface area contributed by atoms with Crippen LogP contribution < -0.4 is 0 Å². The van der Waals surface area contributed by atoms with E-state index in [0.29, 0.717) is 0 Å². The molecular formula is C7H13NS. The zero-order valence-electron chi connectivity index (χ0n) is 6.05. The maximum absolute atomic E-state index is 4.42. The summed E-state index contributed by atoms with van der Waals surface area (Å²) in [6.07, 6.45) is 2.37. The van der Waals surface area contributed by atoms with Crippen LogP contribution in [0.4, 0.5) is 0 Å². The first-order valence-corrected chi connectivity index (χ1v) is 3.75. The van der Waals surface area contributed by atoms with Gasteiger partial charge in [-0.25, -0.2) is 4.99 Å². The minimum Gasteiger partial charge on any atom is -0.233 e. The van der Waals surface area contributed by atoms with Gasteiger partial charge < -0.3 is 0 Å². The molecule has 0 heterocycles. The standard InChI is InChI=1S/C7H13NS/c1-3-7(2)4-5-8-6-9/h7H,3-5H2,1-2H3. The predicted molar refractivity (Wildman–Crippen MR) is 44.0 cm³/mol. The highest BCUT2D eigenvalue weighted by Gasteiger charge is 1.94. The van der Waals surface area contributed by atoms with E-state index in [0.717, 1.165) is 18.9 Å². The maximum Gasteiger partial charge on any atom is 0.0584 e. The minimum absolute atomic E-state index is 0.775. The molecule has 0 spiro atoms. The van der Waals surface area contributed by atoms with E-state index >= 15 is 0 Å². The zero-order chi connectivity index (χ0) is 7.11. The Balaban J connectivity index is 3.16. The number of hydrogen-bond acceptors (Lipinski definition) is 2. The number of aliphatic imine (C=N–C) groups is 1. The molecule has 2 heteroatoms. The first-order valence-electron chi connectivity index (χ1n) is 3.34. The lowest BCUT2D eigenvalue weighted by atomic mass is 10.1. The molecule has 0 fully saturated rings. The lowest BCUT2D eigenvalue weighted by Gasteiger charge is -2.02. The van der Waals surface area contributed by atoms with Gasteiger partial charge in [-0.2, -0.15) is 0 Å². The average molecular weight is 143 g/mol. The quantitative estimate of drug-likeness (QED) is 0.435. The molecule has 52 valence electrons. The van der Waals surface area contributed by atoms with Gasteiger partial charge in [0, 0.05) is 6.54 Å². The normalized spacial score (nSPS) is 12.2. The third-order valence-electron chi connectivity index (χ3n) is 1.50. The van der Waals surface area contributed by atoms with E-state index in [1.165, 1.54) is 6.42 Å². The Bertz CT molecular complexity index is 105. The van der Waals surface area contributed by atoms with Crippen molar-refractivity contribution in [1.29, 1.82) is 0 Å². The van der Waals surface area contributed by atoms with E-state index in [1.54, 1.807) is 0 Å². The van der Waals surface area contributed by atoms with Gasteiger partial charge in [-0.1, -0.05) is 20.3 Å². The monoisotopic (exact) mass is 143 g/mol. The maximum atomic E-state index is 4.42. The molecule has 1 atom stereocenters. The Kier molecular flexibility index (Phi) is 5.80. The lowest BCUT2D eigenvalue weighted by molar-refractivity contribution is 0.525. The summed E-state index contributed by atoms with van der Waals surface area (Å²) >= 11 is 4.42. The molecule has 0 radical (unpaired) electrons. The van der Waals surface area contributed by atoms with Crippen LogP contribution in [0.1, 0.15) is 26.7 Å². The summed E-state index contributed by atoms with van der Waals surface area (Å²) in [6, 6.07) is 0. The molecule has 9 heavy (non-hydrogen) atoms. The fourth-order valence-corrected chi connectivity index (χ4v) is 0.626. The molecule has 0 aromatic heterocycles. The number of nitrogens with zero attached hydrogens (tertiary/aromatic N) is 1. The van der Waals surface area contributed by atoms with Gasteiger partial charge in [0.1, 0.15) is 0 Å². The number of rotatable bonds is 4. The number of thiocarbonyl (C=S) groups is 1. The second kappa shape index (κ2) is 5.93. The summed E-state index contributed by atoms with van der Waals surface area (Å²) in [5, 5.41) is 2.36. The molecule has 0 aliphatic carbocycles. The zero-order valence-corrected chi connectivity index (χ0v) is 6.87. The van der Waals surface area contributed by atoms with Gasteiger partial charge in [0.15, 0.2) is 0 Å². The third kappa shape index (κ3) is 5.67. The van der Waals surface area contributed by atoms with Gasteiger partial charge in [-0.3, -0.25) is 0 Å². The van der Waals surface area contributed by atoms with Gasteiger partial charge in [-0.15, -0.1) is 0 Å². The van der Waals surface area contributed by atoms with E-state index in [4.69, 9.17) is 0 Å². The van der Waals surface area contributed by atoms with Crippen LogP contribution in [0.3, 0.4) is 0 Å². The summed E-state index contributed by atoms with van der Waals surface area (Å²) in [4.78, 5) is 3.82. The SMILES string of the molecule is CCC(C)CCN=C=S. The van der Waals surface area contributed by atoms with Crippen LogP contribution in [0.5, 0.6) is 0 Å². The summed E-state index contributed by atoms with van der Waals surface area (Å²) < 4.78 is 0. The molecule has 0 rings (SSSR count). The number of hydrogen-bond donors (Lipinski definition) is 0. The summed E-state index contributed by atoms with van der Waals surface area (Å²) in [5.41, 5.74) is 0. The molecule has 0 bridgehead atoms. The van der Waals surface area contributed by atoms with E-state index < -0.39 is 0 Å². The smallest absolute Gasteiger partial charge is 0.0584 e. The molecule has 0 amide bonds. The van der Waals surface area contributed by atoms with Crippen molar-refractivity contribution >= 4 is 17.4 Å². The molecule has 0 aliphatic rings. The lowest BCUT2D eigenvalue weighted by Crippen LogP contribution is -1.93. The van der Waals surface area contributed by atoms with Crippen molar-refractivity contribution in [3.63, 3.8) is 0 Å². The first kappa shape index (κ1) is 8.80. The highest BCUT2D eigenvalue weighted by molar-refractivity contribution is 7.78. The van der Waals surface area contributed by atoms with Crippen LogP contribution >= 0.6 is 12.2 Å². The van der Waals surface area contributed by atoms with Crippen LogP contribution in [-0.2, 0) is 0 Å². The summed E-state index contributed by atoms with van der Waals surface area (Å²) in [7, 11) is 0. The van der Waals surface area contributed by atoms with E-state index in [1.807, 2.05) is 0 Å². The van der Waals surface area contributed by atoms with Crippen molar-refractivity contribution in [1.82, 2.24) is 0 Å². The molecule has 0 aromatic rings. The Morgan fingerprint density at radius 1 is 1.67 bits per heavy atom. The van der Waals surface area contributed by atoms with Gasteiger partial charge in [0.05, 0.1) is 5.16 Å². The molecule has 0 aromatic carbocycles. The first-order chi connectivity index (χ1) is 4.31. The van der Waals surface area contributed by atoms with E-state index in [-0.39, 0.29) is 0 Å². The average Bonchev–Trinajstić information content (AvgIpc) is 1.89. The van der Waals surface area contributed by atoms with Crippen molar-refractivity contribution in [2.45, 2.75) is 26.7 Å². The van der Waals surface area contributed by atoms with Crippen molar-refractivity contribution < 1.29 is 0 Å². The van der Waals surface area contributed by atoms with Crippen LogP contribution in [0, 0.1) is 5.92 Å². The van der Waals surface area contributed by atoms with Crippen molar-refractivity contribution in [3.8, 4) is 0 Å². The van der Waals surface area contributed by atoms with Crippen LogP contribution in [0.2, 0.25) is 0 Å². The molecule has 0 saturated heterocycles. The highest BCUT2D eigenvalue weighted by atomic mass is 32.1. The Hall–Kier alpha value is -0.200. The Labute approximate surface area is 62.2 Å².